The molecule has 2 aliphatic heterocycles. The van der Waals surface area contributed by atoms with Crippen molar-refractivity contribution in [2.75, 3.05) is 13.7 Å². The number of fused-ring (bicyclic) bond motifs is 1. The van der Waals surface area contributed by atoms with Gasteiger partial charge in [0.25, 0.3) is 5.91 Å². The number of hydrogen-bond acceptors (Lipinski definition) is 3. The number of carbonyl (C=O) groups excluding carboxylic acids is 1. The highest BCUT2D eigenvalue weighted by molar-refractivity contribution is 5.92. The third kappa shape index (κ3) is 1.39. The lowest BCUT2D eigenvalue weighted by Crippen LogP contribution is -2.43. The monoisotopic (exact) mass is 245 g/mol. The molecule has 0 saturated carbocycles. The number of benzene rings is 1. The number of rotatable bonds is 2. The van der Waals surface area contributed by atoms with Crippen molar-refractivity contribution in [2.24, 2.45) is 0 Å². The van der Waals surface area contributed by atoms with Crippen molar-refractivity contribution in [1.82, 2.24) is 4.90 Å². The molecule has 4 heteroatoms. The van der Waals surface area contributed by atoms with Crippen molar-refractivity contribution >= 4 is 5.91 Å². The molecule has 1 saturated heterocycles. The zero-order chi connectivity index (χ0) is 12.8. The number of methoxy groups -OCH3 is 1. The van der Waals surface area contributed by atoms with Gasteiger partial charge in [-0.15, -0.1) is 0 Å². The van der Waals surface area contributed by atoms with Gasteiger partial charge in [-0.25, -0.2) is 0 Å². The zero-order valence-corrected chi connectivity index (χ0v) is 10.4. The normalized spacial score (nSPS) is 30.3. The largest absolute Gasteiger partial charge is 0.496 e. The van der Waals surface area contributed by atoms with Gasteiger partial charge >= 0.3 is 0 Å². The second-order valence-electron chi connectivity index (χ2n) is 4.64. The van der Waals surface area contributed by atoms with Gasteiger partial charge in [-0.05, 0) is 12.5 Å². The quantitative estimate of drug-likeness (QED) is 0.798. The maximum Gasteiger partial charge on any atom is 0.253 e. The molecule has 0 aromatic heterocycles. The van der Waals surface area contributed by atoms with Crippen LogP contribution in [0.15, 0.2) is 42.2 Å². The van der Waals surface area contributed by atoms with Gasteiger partial charge in [0.15, 0.2) is 11.5 Å². The lowest BCUT2D eigenvalue weighted by Gasteiger charge is -2.31. The minimum atomic E-state index is -0.758. The summed E-state index contributed by atoms with van der Waals surface area (Å²) in [5.41, 5.74) is 0.326. The van der Waals surface area contributed by atoms with Crippen molar-refractivity contribution in [3.8, 4) is 0 Å². The van der Waals surface area contributed by atoms with Crippen LogP contribution in [0.5, 0.6) is 0 Å². The minimum Gasteiger partial charge on any atom is -0.496 e. The van der Waals surface area contributed by atoms with E-state index in [-0.39, 0.29) is 11.9 Å². The van der Waals surface area contributed by atoms with E-state index in [0.717, 1.165) is 5.56 Å². The first-order chi connectivity index (χ1) is 8.66. The van der Waals surface area contributed by atoms with Crippen LogP contribution in [0.2, 0.25) is 0 Å². The van der Waals surface area contributed by atoms with E-state index < -0.39 is 5.72 Å². The molecule has 4 nitrogen and oxygen atoms in total. The summed E-state index contributed by atoms with van der Waals surface area (Å²) >= 11 is 0. The minimum absolute atomic E-state index is 0.0485. The van der Waals surface area contributed by atoms with Crippen molar-refractivity contribution in [3.05, 3.63) is 47.7 Å². The van der Waals surface area contributed by atoms with Gasteiger partial charge in [0.2, 0.25) is 0 Å². The topological polar surface area (TPSA) is 38.8 Å². The van der Waals surface area contributed by atoms with Crippen molar-refractivity contribution in [3.63, 3.8) is 0 Å². The molecule has 0 spiro atoms. The van der Waals surface area contributed by atoms with Crippen LogP contribution < -0.4 is 0 Å². The average Bonchev–Trinajstić information content (AvgIpc) is 2.86. The first-order valence-electron chi connectivity index (χ1n) is 5.95. The summed E-state index contributed by atoms with van der Waals surface area (Å²) < 4.78 is 11.1. The number of ether oxygens (including phenoxy) is 2. The first-order valence-corrected chi connectivity index (χ1v) is 5.95. The molecule has 0 aliphatic carbocycles. The maximum atomic E-state index is 12.1. The SMILES string of the molecule is COC1=CC(=O)N2[C@H](c3ccccc3)CO[C@@]12C. The Morgan fingerprint density at radius 3 is 2.78 bits per heavy atom. The maximum absolute atomic E-state index is 12.1. The van der Waals surface area contributed by atoms with Gasteiger partial charge in [-0.1, -0.05) is 30.3 Å². The first kappa shape index (κ1) is 11.3. The molecule has 1 aromatic rings. The van der Waals surface area contributed by atoms with E-state index in [1.165, 1.54) is 6.08 Å². The highest BCUT2D eigenvalue weighted by atomic mass is 16.6. The fourth-order valence-corrected chi connectivity index (χ4v) is 2.72. The van der Waals surface area contributed by atoms with Gasteiger partial charge in [-0.3, -0.25) is 9.69 Å². The fourth-order valence-electron chi connectivity index (χ4n) is 2.72. The van der Waals surface area contributed by atoms with E-state index in [1.54, 1.807) is 12.0 Å². The number of amides is 1. The Morgan fingerprint density at radius 2 is 2.11 bits per heavy atom. The summed E-state index contributed by atoms with van der Waals surface area (Å²) in [5, 5.41) is 0. The van der Waals surface area contributed by atoms with E-state index in [4.69, 9.17) is 9.47 Å². The van der Waals surface area contributed by atoms with E-state index in [2.05, 4.69) is 0 Å². The summed E-state index contributed by atoms with van der Waals surface area (Å²) in [7, 11) is 1.56. The molecule has 1 aromatic carbocycles. The Hall–Kier alpha value is -1.81. The molecular weight excluding hydrogens is 230 g/mol. The van der Waals surface area contributed by atoms with Crippen LogP contribution in [0, 0.1) is 0 Å². The summed E-state index contributed by atoms with van der Waals surface area (Å²) in [5.74, 6) is 0.520. The molecule has 18 heavy (non-hydrogen) atoms. The molecule has 3 rings (SSSR count). The Morgan fingerprint density at radius 1 is 1.39 bits per heavy atom. The molecular formula is C14H15NO3. The Kier molecular flexibility index (Phi) is 2.41. The van der Waals surface area contributed by atoms with E-state index in [0.29, 0.717) is 12.4 Å². The van der Waals surface area contributed by atoms with Crippen LogP contribution in [-0.2, 0) is 14.3 Å². The molecule has 94 valence electrons. The summed E-state index contributed by atoms with van der Waals surface area (Å²) in [6.07, 6.45) is 1.51. The van der Waals surface area contributed by atoms with Crippen molar-refractivity contribution < 1.29 is 14.3 Å². The lowest BCUT2D eigenvalue weighted by molar-refractivity contribution is -0.137. The van der Waals surface area contributed by atoms with Gasteiger partial charge in [-0.2, -0.15) is 0 Å². The van der Waals surface area contributed by atoms with Crippen molar-refractivity contribution in [2.45, 2.75) is 18.7 Å². The zero-order valence-electron chi connectivity index (χ0n) is 10.4. The molecule has 0 N–H and O–H groups in total. The Balaban J connectivity index is 1.98. The predicted molar refractivity (Wildman–Crippen MR) is 65.5 cm³/mol. The molecule has 0 bridgehead atoms. The molecule has 2 atom stereocenters. The van der Waals surface area contributed by atoms with E-state index in [1.807, 2.05) is 37.3 Å². The Bertz CT molecular complexity index is 511. The number of hydrogen-bond donors (Lipinski definition) is 0. The second kappa shape index (κ2) is 3.85. The van der Waals surface area contributed by atoms with Crippen LogP contribution >= 0.6 is 0 Å². The van der Waals surface area contributed by atoms with Gasteiger partial charge in [0.05, 0.1) is 19.8 Å². The van der Waals surface area contributed by atoms with Crippen LogP contribution in [0.1, 0.15) is 18.5 Å². The fraction of sp³-hybridized carbons (Fsp3) is 0.357. The van der Waals surface area contributed by atoms with Crippen LogP contribution in [0.4, 0.5) is 0 Å². The van der Waals surface area contributed by atoms with Gasteiger partial charge in [0.1, 0.15) is 0 Å². The van der Waals surface area contributed by atoms with E-state index >= 15 is 0 Å². The van der Waals surface area contributed by atoms with Crippen LogP contribution in [0.25, 0.3) is 0 Å². The standard InChI is InChI=1S/C14H15NO3/c1-14-12(17-2)8-13(16)15(14)11(9-18-14)10-6-4-3-5-7-10/h3-8,11H,9H2,1-2H3/t11-,14-/m0/s1. The van der Waals surface area contributed by atoms with Crippen molar-refractivity contribution in [1.29, 1.82) is 0 Å². The molecule has 2 heterocycles. The van der Waals surface area contributed by atoms with Crippen LogP contribution in [-0.4, -0.2) is 30.2 Å². The average molecular weight is 245 g/mol. The molecule has 0 unspecified atom stereocenters. The third-order valence-corrected chi connectivity index (χ3v) is 3.65. The van der Waals surface area contributed by atoms with Crippen LogP contribution in [0.3, 0.4) is 0 Å². The second-order valence-corrected chi connectivity index (χ2v) is 4.64. The summed E-state index contributed by atoms with van der Waals surface area (Å²) in [6.45, 7) is 2.36. The Labute approximate surface area is 106 Å². The van der Waals surface area contributed by atoms with Gasteiger partial charge in [0, 0.05) is 6.08 Å². The highest BCUT2D eigenvalue weighted by Crippen LogP contribution is 2.44. The van der Waals surface area contributed by atoms with E-state index in [9.17, 15) is 4.79 Å². The van der Waals surface area contributed by atoms with Gasteiger partial charge < -0.3 is 9.47 Å². The molecule has 2 aliphatic rings. The predicted octanol–water partition coefficient (Wildman–Crippen LogP) is 1.85. The summed E-state index contributed by atoms with van der Waals surface area (Å²) in [4.78, 5) is 13.9. The molecule has 0 radical (unpaired) electrons. The summed E-state index contributed by atoms with van der Waals surface area (Å²) in [6, 6.07) is 9.87. The third-order valence-electron chi connectivity index (χ3n) is 3.65. The smallest absolute Gasteiger partial charge is 0.253 e. The molecule has 1 fully saturated rings. The number of carbonyl (C=O) groups is 1. The lowest BCUT2D eigenvalue weighted by atomic mass is 10.1. The molecule has 1 amide bonds. The number of nitrogens with zero attached hydrogens (tertiary/aromatic N) is 1. The highest BCUT2D eigenvalue weighted by Gasteiger charge is 2.54.